The average molecular weight is 215 g/mol. The number of thiophene rings is 1. The Labute approximate surface area is 88.9 Å². The van der Waals surface area contributed by atoms with Crippen molar-refractivity contribution in [3.63, 3.8) is 0 Å². The summed E-state index contributed by atoms with van der Waals surface area (Å²) in [6, 6.07) is 2.26. The van der Waals surface area contributed by atoms with E-state index in [9.17, 15) is 0 Å². The van der Waals surface area contributed by atoms with Gasteiger partial charge in [-0.2, -0.15) is 0 Å². The Bertz CT molecular complexity index is 279. The van der Waals surface area contributed by atoms with Gasteiger partial charge in [0, 0.05) is 16.2 Å². The molecule has 72 valence electrons. The van der Waals surface area contributed by atoms with Gasteiger partial charge in [-0.15, -0.1) is 22.9 Å². The van der Waals surface area contributed by atoms with Crippen LogP contribution in [0.2, 0.25) is 0 Å². The van der Waals surface area contributed by atoms with Crippen LogP contribution in [0.4, 0.5) is 0 Å². The molecule has 1 fully saturated rings. The molecular formula is C11H15ClS. The fourth-order valence-electron chi connectivity index (χ4n) is 2.22. The molecule has 1 heterocycles. The molecule has 0 nitrogen and oxygen atoms in total. The molecule has 1 aliphatic rings. The lowest BCUT2D eigenvalue weighted by Crippen LogP contribution is -2.17. The maximum absolute atomic E-state index is 6.35. The quantitative estimate of drug-likeness (QED) is 0.611. The van der Waals surface area contributed by atoms with Gasteiger partial charge >= 0.3 is 0 Å². The summed E-state index contributed by atoms with van der Waals surface area (Å²) in [4.78, 5) is 1.46. The minimum absolute atomic E-state index is 0.377. The second-order valence-electron chi connectivity index (χ2n) is 3.84. The molecule has 2 heteroatoms. The van der Waals surface area contributed by atoms with Crippen LogP contribution in [0.3, 0.4) is 0 Å². The van der Waals surface area contributed by atoms with Crippen LogP contribution in [0.1, 0.15) is 42.0 Å². The van der Waals surface area contributed by atoms with Gasteiger partial charge in [0.2, 0.25) is 0 Å². The molecule has 0 N–H and O–H groups in total. The molecule has 0 spiro atoms. The van der Waals surface area contributed by atoms with E-state index in [1.807, 2.05) is 11.3 Å². The molecule has 0 aliphatic heterocycles. The van der Waals surface area contributed by atoms with Crippen LogP contribution in [-0.2, 0) is 0 Å². The van der Waals surface area contributed by atoms with Gasteiger partial charge in [0.1, 0.15) is 0 Å². The number of hydrogen-bond donors (Lipinski definition) is 0. The summed E-state index contributed by atoms with van der Waals surface area (Å²) in [7, 11) is 0. The zero-order valence-corrected chi connectivity index (χ0v) is 9.50. The Morgan fingerprint density at radius 3 is 2.77 bits per heavy atom. The van der Waals surface area contributed by atoms with Gasteiger partial charge in [0.05, 0.1) is 0 Å². The van der Waals surface area contributed by atoms with Crippen molar-refractivity contribution in [1.82, 2.24) is 0 Å². The second-order valence-corrected chi connectivity index (χ2v) is 5.52. The third-order valence-electron chi connectivity index (χ3n) is 2.98. The summed E-state index contributed by atoms with van der Waals surface area (Å²) < 4.78 is 0. The lowest BCUT2D eigenvalue weighted by atomic mass is 9.84. The summed E-state index contributed by atoms with van der Waals surface area (Å²) in [5, 5.41) is 2.56. The van der Waals surface area contributed by atoms with Crippen molar-refractivity contribution in [2.75, 3.05) is 0 Å². The topological polar surface area (TPSA) is 0 Å². The Morgan fingerprint density at radius 2 is 2.15 bits per heavy atom. The maximum Gasteiger partial charge on any atom is 0.0405 e. The van der Waals surface area contributed by atoms with E-state index >= 15 is 0 Å². The molecule has 2 rings (SSSR count). The number of alkyl halides is 1. The molecule has 2 unspecified atom stereocenters. The SMILES string of the molecule is Cc1sccc1C1CCCCC1Cl. The van der Waals surface area contributed by atoms with Crippen LogP contribution in [0.15, 0.2) is 11.4 Å². The lowest BCUT2D eigenvalue weighted by Gasteiger charge is -2.27. The molecular weight excluding hydrogens is 200 g/mol. The highest BCUT2D eigenvalue weighted by atomic mass is 35.5. The van der Waals surface area contributed by atoms with Gasteiger partial charge in [-0.25, -0.2) is 0 Å². The third-order valence-corrected chi connectivity index (χ3v) is 4.36. The highest BCUT2D eigenvalue weighted by Gasteiger charge is 2.25. The van der Waals surface area contributed by atoms with Crippen LogP contribution in [0.5, 0.6) is 0 Å². The molecule has 13 heavy (non-hydrogen) atoms. The Balaban J connectivity index is 2.19. The molecule has 1 saturated carbocycles. The van der Waals surface area contributed by atoms with Crippen LogP contribution in [-0.4, -0.2) is 5.38 Å². The van der Waals surface area contributed by atoms with Crippen LogP contribution in [0.25, 0.3) is 0 Å². The first-order valence-electron chi connectivity index (χ1n) is 4.97. The molecule has 0 bridgehead atoms. The van der Waals surface area contributed by atoms with Gasteiger partial charge in [0.15, 0.2) is 0 Å². The largest absolute Gasteiger partial charge is 0.149 e. The van der Waals surface area contributed by atoms with E-state index in [2.05, 4.69) is 18.4 Å². The Kier molecular flexibility index (Phi) is 2.95. The molecule has 0 radical (unpaired) electrons. The normalized spacial score (nSPS) is 29.1. The summed E-state index contributed by atoms with van der Waals surface area (Å²) in [6.07, 6.45) is 5.14. The first-order valence-corrected chi connectivity index (χ1v) is 6.28. The lowest BCUT2D eigenvalue weighted by molar-refractivity contribution is 0.450. The van der Waals surface area contributed by atoms with E-state index in [-0.39, 0.29) is 0 Å². The summed E-state index contributed by atoms with van der Waals surface area (Å²) in [5.41, 5.74) is 1.50. The van der Waals surface area contributed by atoms with Crippen molar-refractivity contribution in [3.05, 3.63) is 21.9 Å². The zero-order chi connectivity index (χ0) is 9.26. The standard InChI is InChI=1S/C11H15ClS/c1-8-9(6-7-13-8)10-4-2-3-5-11(10)12/h6-7,10-11H,2-5H2,1H3. The molecule has 0 saturated heterocycles. The molecule has 0 aromatic carbocycles. The molecule has 2 atom stereocenters. The van der Waals surface area contributed by atoms with Crippen molar-refractivity contribution >= 4 is 22.9 Å². The van der Waals surface area contributed by atoms with Gasteiger partial charge in [-0.05, 0) is 36.8 Å². The number of hydrogen-bond acceptors (Lipinski definition) is 1. The van der Waals surface area contributed by atoms with Crippen molar-refractivity contribution in [3.8, 4) is 0 Å². The molecule has 1 aromatic rings. The predicted molar refractivity (Wildman–Crippen MR) is 59.9 cm³/mol. The van der Waals surface area contributed by atoms with Gasteiger partial charge in [0.25, 0.3) is 0 Å². The van der Waals surface area contributed by atoms with Crippen LogP contribution < -0.4 is 0 Å². The van der Waals surface area contributed by atoms with Crippen LogP contribution >= 0.6 is 22.9 Å². The van der Waals surface area contributed by atoms with Gasteiger partial charge < -0.3 is 0 Å². The van der Waals surface area contributed by atoms with Crippen LogP contribution in [0, 0.1) is 6.92 Å². The van der Waals surface area contributed by atoms with Crippen molar-refractivity contribution in [2.45, 2.75) is 43.9 Å². The highest BCUT2D eigenvalue weighted by molar-refractivity contribution is 7.10. The second kappa shape index (κ2) is 4.02. The zero-order valence-electron chi connectivity index (χ0n) is 7.92. The Hall–Kier alpha value is -0.0100. The third kappa shape index (κ3) is 1.92. The number of halogens is 1. The molecule has 1 aliphatic carbocycles. The maximum atomic E-state index is 6.35. The summed E-state index contributed by atoms with van der Waals surface area (Å²) >= 11 is 8.19. The van der Waals surface area contributed by atoms with E-state index < -0.39 is 0 Å². The van der Waals surface area contributed by atoms with Crippen molar-refractivity contribution in [1.29, 1.82) is 0 Å². The fraction of sp³-hybridized carbons (Fsp3) is 0.636. The first-order chi connectivity index (χ1) is 6.29. The summed E-state index contributed by atoms with van der Waals surface area (Å²) in [5.74, 6) is 0.627. The average Bonchev–Trinajstić information content (AvgIpc) is 2.52. The van der Waals surface area contributed by atoms with E-state index in [4.69, 9.17) is 11.6 Å². The summed E-state index contributed by atoms with van der Waals surface area (Å²) in [6.45, 7) is 2.21. The first kappa shape index (κ1) is 9.54. The van der Waals surface area contributed by atoms with Crippen molar-refractivity contribution < 1.29 is 0 Å². The minimum atomic E-state index is 0.377. The van der Waals surface area contributed by atoms with Crippen molar-refractivity contribution in [2.24, 2.45) is 0 Å². The highest BCUT2D eigenvalue weighted by Crippen LogP contribution is 2.38. The number of rotatable bonds is 1. The number of aryl methyl sites for hydroxylation is 1. The van der Waals surface area contributed by atoms with Gasteiger partial charge in [-0.1, -0.05) is 12.8 Å². The van der Waals surface area contributed by atoms with Gasteiger partial charge in [-0.3, -0.25) is 0 Å². The molecule has 0 amide bonds. The monoisotopic (exact) mass is 214 g/mol. The van der Waals surface area contributed by atoms with E-state index in [0.29, 0.717) is 11.3 Å². The van der Waals surface area contributed by atoms with E-state index in [1.165, 1.54) is 36.1 Å². The Morgan fingerprint density at radius 1 is 1.38 bits per heavy atom. The van der Waals surface area contributed by atoms with E-state index in [1.54, 1.807) is 0 Å². The van der Waals surface area contributed by atoms with E-state index in [0.717, 1.165) is 0 Å². The molecule has 1 aromatic heterocycles. The smallest absolute Gasteiger partial charge is 0.0405 e. The fourth-order valence-corrected chi connectivity index (χ4v) is 3.41. The minimum Gasteiger partial charge on any atom is -0.149 e. The predicted octanol–water partition coefficient (Wildman–Crippen LogP) is 4.32.